The molecule has 0 aromatic carbocycles. The number of fused-ring (bicyclic) bond motifs is 1. The zero-order valence-electron chi connectivity index (χ0n) is 10.6. The number of pyridine rings is 1. The number of hydrogen-bond donors (Lipinski definition) is 1. The van der Waals surface area contributed by atoms with Crippen molar-refractivity contribution < 1.29 is 5.11 Å². The second-order valence-electron chi connectivity index (χ2n) is 4.60. The van der Waals surface area contributed by atoms with Crippen LogP contribution in [0.2, 0.25) is 0 Å². The summed E-state index contributed by atoms with van der Waals surface area (Å²) in [6.07, 6.45) is 4.05. The number of aliphatic hydroxyl groups is 1. The molecule has 0 aliphatic heterocycles. The number of likely N-dealkylation sites (N-methyl/N-ethyl adjacent to an activating group) is 1. The lowest BCUT2D eigenvalue weighted by atomic mass is 10.3. The maximum atomic E-state index is 9.10. The van der Waals surface area contributed by atoms with Crippen LogP contribution in [0.1, 0.15) is 18.2 Å². The van der Waals surface area contributed by atoms with E-state index in [0.29, 0.717) is 0 Å². The maximum Gasteiger partial charge on any atom is 0.139 e. The zero-order chi connectivity index (χ0) is 12.4. The quantitative estimate of drug-likeness (QED) is 0.869. The molecule has 0 amide bonds. The Bertz CT molecular complexity index is 506. The lowest BCUT2D eigenvalue weighted by molar-refractivity contribution is 0.153. The standard InChI is InChI=1S/C13H19N3O/c1-10-5-4-6-16-8-12(14-13(10)16)7-15(3)11(2)9-17/h4-6,8,11,17H,7,9H2,1-3H3. The van der Waals surface area contributed by atoms with Crippen molar-refractivity contribution in [2.75, 3.05) is 13.7 Å². The van der Waals surface area contributed by atoms with E-state index in [9.17, 15) is 0 Å². The van der Waals surface area contributed by atoms with Crippen LogP contribution in [0.5, 0.6) is 0 Å². The lowest BCUT2D eigenvalue weighted by Gasteiger charge is -2.21. The van der Waals surface area contributed by atoms with E-state index in [1.807, 2.05) is 36.8 Å². The molecule has 2 aromatic heterocycles. The molecule has 1 atom stereocenters. The largest absolute Gasteiger partial charge is 0.395 e. The molecule has 17 heavy (non-hydrogen) atoms. The number of rotatable bonds is 4. The van der Waals surface area contributed by atoms with Crippen LogP contribution in [0, 0.1) is 6.92 Å². The summed E-state index contributed by atoms with van der Waals surface area (Å²) in [6, 6.07) is 4.24. The molecule has 92 valence electrons. The molecule has 0 saturated carbocycles. The van der Waals surface area contributed by atoms with E-state index in [0.717, 1.165) is 17.9 Å². The lowest BCUT2D eigenvalue weighted by Crippen LogP contribution is -2.31. The molecular weight excluding hydrogens is 214 g/mol. The average molecular weight is 233 g/mol. The second kappa shape index (κ2) is 4.85. The smallest absolute Gasteiger partial charge is 0.139 e. The first-order chi connectivity index (χ1) is 8.11. The molecule has 4 nitrogen and oxygen atoms in total. The van der Waals surface area contributed by atoms with E-state index in [2.05, 4.69) is 22.9 Å². The van der Waals surface area contributed by atoms with Gasteiger partial charge in [-0.15, -0.1) is 0 Å². The molecule has 0 aliphatic rings. The van der Waals surface area contributed by atoms with Crippen LogP contribution in [0.4, 0.5) is 0 Å². The van der Waals surface area contributed by atoms with Crippen molar-refractivity contribution in [1.29, 1.82) is 0 Å². The summed E-state index contributed by atoms with van der Waals surface area (Å²) in [5.41, 5.74) is 3.21. The molecule has 1 unspecified atom stereocenters. The predicted molar refractivity (Wildman–Crippen MR) is 67.9 cm³/mol. The number of imidazole rings is 1. The number of hydrogen-bond acceptors (Lipinski definition) is 3. The molecule has 0 fully saturated rings. The van der Waals surface area contributed by atoms with Gasteiger partial charge >= 0.3 is 0 Å². The van der Waals surface area contributed by atoms with Crippen molar-refractivity contribution in [3.63, 3.8) is 0 Å². The van der Waals surface area contributed by atoms with Gasteiger partial charge in [0.2, 0.25) is 0 Å². The minimum absolute atomic E-state index is 0.154. The molecule has 1 N–H and O–H groups in total. The third-order valence-electron chi connectivity index (χ3n) is 3.16. The average Bonchev–Trinajstić information content (AvgIpc) is 2.72. The summed E-state index contributed by atoms with van der Waals surface area (Å²) in [5, 5.41) is 9.10. The number of aliphatic hydroxyl groups excluding tert-OH is 1. The first-order valence-electron chi connectivity index (χ1n) is 5.86. The Morgan fingerprint density at radius 3 is 2.94 bits per heavy atom. The first kappa shape index (κ1) is 12.1. The second-order valence-corrected chi connectivity index (χ2v) is 4.60. The van der Waals surface area contributed by atoms with E-state index < -0.39 is 0 Å². The minimum Gasteiger partial charge on any atom is -0.395 e. The van der Waals surface area contributed by atoms with Crippen molar-refractivity contribution in [1.82, 2.24) is 14.3 Å². The molecule has 0 radical (unpaired) electrons. The third-order valence-corrected chi connectivity index (χ3v) is 3.16. The molecule has 4 heteroatoms. The van der Waals surface area contributed by atoms with Gasteiger partial charge < -0.3 is 9.51 Å². The van der Waals surface area contributed by atoms with Crippen LogP contribution >= 0.6 is 0 Å². The van der Waals surface area contributed by atoms with Crippen LogP contribution in [-0.2, 0) is 6.54 Å². The predicted octanol–water partition coefficient (Wildman–Crippen LogP) is 1.46. The van der Waals surface area contributed by atoms with E-state index in [-0.39, 0.29) is 12.6 Å². The molecular formula is C13H19N3O. The minimum atomic E-state index is 0.154. The number of aromatic nitrogens is 2. The Labute approximate surface area is 102 Å². The highest BCUT2D eigenvalue weighted by Crippen LogP contribution is 2.11. The number of aryl methyl sites for hydroxylation is 1. The van der Waals surface area contributed by atoms with Gasteiger partial charge in [-0.05, 0) is 32.5 Å². The molecule has 2 aromatic rings. The third kappa shape index (κ3) is 2.48. The maximum absolute atomic E-state index is 9.10. The van der Waals surface area contributed by atoms with E-state index in [1.54, 1.807) is 0 Å². The van der Waals surface area contributed by atoms with E-state index in [4.69, 9.17) is 5.11 Å². The van der Waals surface area contributed by atoms with E-state index in [1.165, 1.54) is 5.56 Å². The topological polar surface area (TPSA) is 40.8 Å². The van der Waals surface area contributed by atoms with Crippen LogP contribution in [-0.4, -0.2) is 39.1 Å². The highest BCUT2D eigenvalue weighted by atomic mass is 16.3. The van der Waals surface area contributed by atoms with Gasteiger partial charge in [0.05, 0.1) is 12.3 Å². The Balaban J connectivity index is 2.23. The fraction of sp³-hybridized carbons (Fsp3) is 0.462. The van der Waals surface area contributed by atoms with Gasteiger partial charge in [0, 0.05) is 25.0 Å². The summed E-state index contributed by atoms with van der Waals surface area (Å²) in [5.74, 6) is 0. The summed E-state index contributed by atoms with van der Waals surface area (Å²) < 4.78 is 2.04. The van der Waals surface area contributed by atoms with Gasteiger partial charge in [0.15, 0.2) is 0 Å². The molecule has 2 rings (SSSR count). The zero-order valence-corrected chi connectivity index (χ0v) is 10.6. The molecule has 0 aliphatic carbocycles. The van der Waals surface area contributed by atoms with Gasteiger partial charge in [-0.3, -0.25) is 4.90 Å². The van der Waals surface area contributed by atoms with E-state index >= 15 is 0 Å². The normalized spacial score (nSPS) is 13.5. The Morgan fingerprint density at radius 2 is 2.29 bits per heavy atom. The monoisotopic (exact) mass is 233 g/mol. The summed E-state index contributed by atoms with van der Waals surface area (Å²) in [4.78, 5) is 6.70. The highest BCUT2D eigenvalue weighted by molar-refractivity contribution is 5.47. The van der Waals surface area contributed by atoms with Crippen molar-refractivity contribution in [2.24, 2.45) is 0 Å². The van der Waals surface area contributed by atoms with Crippen molar-refractivity contribution >= 4 is 5.65 Å². The Kier molecular flexibility index (Phi) is 3.45. The van der Waals surface area contributed by atoms with Gasteiger partial charge in [-0.25, -0.2) is 4.98 Å². The van der Waals surface area contributed by atoms with Gasteiger partial charge in [0.25, 0.3) is 0 Å². The van der Waals surface area contributed by atoms with Gasteiger partial charge in [-0.1, -0.05) is 6.07 Å². The van der Waals surface area contributed by atoms with Crippen LogP contribution in [0.15, 0.2) is 24.5 Å². The molecule has 0 saturated heterocycles. The van der Waals surface area contributed by atoms with Crippen molar-refractivity contribution in [3.05, 3.63) is 35.8 Å². The SMILES string of the molecule is Cc1cccn2cc(CN(C)C(C)CO)nc12. The van der Waals surface area contributed by atoms with Gasteiger partial charge in [-0.2, -0.15) is 0 Å². The molecule has 0 spiro atoms. The Morgan fingerprint density at radius 1 is 1.53 bits per heavy atom. The van der Waals surface area contributed by atoms with Crippen molar-refractivity contribution in [3.8, 4) is 0 Å². The molecule has 2 heterocycles. The van der Waals surface area contributed by atoms with Crippen LogP contribution in [0.25, 0.3) is 5.65 Å². The molecule has 0 bridgehead atoms. The van der Waals surface area contributed by atoms with Crippen LogP contribution in [0.3, 0.4) is 0 Å². The summed E-state index contributed by atoms with van der Waals surface area (Å²) in [6.45, 7) is 4.99. The fourth-order valence-corrected chi connectivity index (χ4v) is 1.83. The fourth-order valence-electron chi connectivity index (χ4n) is 1.83. The summed E-state index contributed by atoms with van der Waals surface area (Å²) >= 11 is 0. The summed E-state index contributed by atoms with van der Waals surface area (Å²) in [7, 11) is 2.00. The first-order valence-corrected chi connectivity index (χ1v) is 5.86. The van der Waals surface area contributed by atoms with Gasteiger partial charge in [0.1, 0.15) is 5.65 Å². The number of nitrogens with zero attached hydrogens (tertiary/aromatic N) is 3. The van der Waals surface area contributed by atoms with Crippen molar-refractivity contribution in [2.45, 2.75) is 26.4 Å². The van der Waals surface area contributed by atoms with Crippen LogP contribution < -0.4 is 0 Å². The highest BCUT2D eigenvalue weighted by Gasteiger charge is 2.10. The Hall–Kier alpha value is -1.39.